The quantitative estimate of drug-likeness (QED) is 0.279. The number of para-hydroxylation sites is 2. The van der Waals surface area contributed by atoms with Crippen LogP contribution in [0.3, 0.4) is 0 Å². The predicted molar refractivity (Wildman–Crippen MR) is 163 cm³/mol. The average molecular weight is 600 g/mol. The van der Waals surface area contributed by atoms with Gasteiger partial charge >= 0.3 is 0 Å². The molecule has 10 heteroatoms. The van der Waals surface area contributed by atoms with Crippen LogP contribution in [0, 0.1) is 0 Å². The first-order chi connectivity index (χ1) is 20.8. The van der Waals surface area contributed by atoms with E-state index in [1.807, 2.05) is 60.7 Å². The fourth-order valence-electron chi connectivity index (χ4n) is 4.73. The van der Waals surface area contributed by atoms with E-state index in [0.29, 0.717) is 30.2 Å². The molecular weight excluding hydrogens is 566 g/mol. The third-order valence-corrected chi connectivity index (χ3v) is 8.88. The molecule has 4 aromatic rings. The van der Waals surface area contributed by atoms with Gasteiger partial charge in [-0.05, 0) is 53.9 Å². The van der Waals surface area contributed by atoms with Crippen LogP contribution in [0.15, 0.2) is 114 Å². The summed E-state index contributed by atoms with van der Waals surface area (Å²) in [5.74, 6) is 0.101. The SMILES string of the molecule is CN(Cc1ccccc1)S(=O)(=O)c1ccc(OCC(=O)N2CC(C(=O)NCCc3ccccc3)Oc3ccccc32)cc1. The number of sulfonamides is 1. The highest BCUT2D eigenvalue weighted by Crippen LogP contribution is 2.33. The maximum Gasteiger partial charge on any atom is 0.265 e. The molecule has 0 radical (unpaired) electrons. The summed E-state index contributed by atoms with van der Waals surface area (Å²) < 4.78 is 39.0. The van der Waals surface area contributed by atoms with Gasteiger partial charge in [0, 0.05) is 20.1 Å². The Morgan fingerprint density at radius 3 is 2.21 bits per heavy atom. The Hall–Kier alpha value is -4.67. The van der Waals surface area contributed by atoms with Crippen LogP contribution in [0.4, 0.5) is 5.69 Å². The van der Waals surface area contributed by atoms with Gasteiger partial charge in [0.25, 0.3) is 11.8 Å². The summed E-state index contributed by atoms with van der Waals surface area (Å²) in [5, 5.41) is 2.90. The lowest BCUT2D eigenvalue weighted by Gasteiger charge is -2.34. The average Bonchev–Trinajstić information content (AvgIpc) is 3.04. The molecule has 0 fully saturated rings. The molecule has 1 aliphatic rings. The van der Waals surface area contributed by atoms with Crippen molar-refractivity contribution in [2.24, 2.45) is 0 Å². The van der Waals surface area contributed by atoms with Crippen LogP contribution in [0.25, 0.3) is 0 Å². The maximum absolute atomic E-state index is 13.3. The Morgan fingerprint density at radius 2 is 1.51 bits per heavy atom. The molecule has 0 aliphatic carbocycles. The molecule has 1 N–H and O–H groups in total. The van der Waals surface area contributed by atoms with Crippen molar-refractivity contribution in [3.8, 4) is 11.5 Å². The van der Waals surface area contributed by atoms with Gasteiger partial charge in [0.2, 0.25) is 10.0 Å². The van der Waals surface area contributed by atoms with Crippen molar-refractivity contribution < 1.29 is 27.5 Å². The zero-order chi connectivity index (χ0) is 30.2. The number of rotatable bonds is 11. The van der Waals surface area contributed by atoms with Crippen molar-refractivity contribution in [2.45, 2.75) is 24.0 Å². The Balaban J connectivity index is 1.19. The third kappa shape index (κ3) is 7.40. The van der Waals surface area contributed by atoms with Gasteiger partial charge in [-0.15, -0.1) is 0 Å². The Morgan fingerprint density at radius 1 is 0.884 bits per heavy atom. The van der Waals surface area contributed by atoms with Gasteiger partial charge in [-0.1, -0.05) is 72.8 Å². The van der Waals surface area contributed by atoms with Crippen molar-refractivity contribution in [1.82, 2.24) is 9.62 Å². The molecule has 1 atom stereocenters. The van der Waals surface area contributed by atoms with E-state index >= 15 is 0 Å². The standard InChI is InChI=1S/C33H33N3O6S/c1-35(22-26-12-6-3-7-13-26)43(39,40)28-18-16-27(17-19-28)41-24-32(37)36-23-31(42-30-15-9-8-14-29(30)36)33(38)34-21-20-25-10-4-2-5-11-25/h2-19,31H,20-24H2,1H3,(H,34,38). The molecular formula is C33H33N3O6S. The smallest absolute Gasteiger partial charge is 0.265 e. The Bertz CT molecular complexity index is 1650. The number of fused-ring (bicyclic) bond motifs is 1. The van der Waals surface area contributed by atoms with E-state index in [0.717, 1.165) is 11.1 Å². The minimum Gasteiger partial charge on any atom is -0.484 e. The van der Waals surface area contributed by atoms with Crippen molar-refractivity contribution >= 4 is 27.5 Å². The van der Waals surface area contributed by atoms with Gasteiger partial charge in [0.15, 0.2) is 12.7 Å². The van der Waals surface area contributed by atoms with E-state index in [2.05, 4.69) is 5.32 Å². The molecule has 1 unspecified atom stereocenters. The van der Waals surface area contributed by atoms with Crippen LogP contribution >= 0.6 is 0 Å². The topological polar surface area (TPSA) is 105 Å². The van der Waals surface area contributed by atoms with Crippen LogP contribution in [0.5, 0.6) is 11.5 Å². The minimum absolute atomic E-state index is 0.0291. The Labute approximate surface area is 251 Å². The highest BCUT2D eigenvalue weighted by molar-refractivity contribution is 7.89. The summed E-state index contributed by atoms with van der Waals surface area (Å²) in [5.41, 5.74) is 2.53. The molecule has 0 saturated heterocycles. The number of hydrogen-bond acceptors (Lipinski definition) is 6. The van der Waals surface area contributed by atoms with E-state index in [-0.39, 0.29) is 36.4 Å². The molecule has 43 heavy (non-hydrogen) atoms. The summed E-state index contributed by atoms with van der Waals surface area (Å²) in [7, 11) is -2.19. The number of anilines is 1. The summed E-state index contributed by atoms with van der Waals surface area (Å²) in [6.45, 7) is 0.399. The summed E-state index contributed by atoms with van der Waals surface area (Å²) >= 11 is 0. The van der Waals surface area contributed by atoms with Crippen LogP contribution in [-0.2, 0) is 32.6 Å². The predicted octanol–water partition coefficient (Wildman–Crippen LogP) is 4.04. The molecule has 0 spiro atoms. The van der Waals surface area contributed by atoms with E-state index in [4.69, 9.17) is 9.47 Å². The third-order valence-electron chi connectivity index (χ3n) is 7.07. The zero-order valence-corrected chi connectivity index (χ0v) is 24.6. The molecule has 222 valence electrons. The van der Waals surface area contributed by atoms with Gasteiger partial charge < -0.3 is 19.7 Å². The van der Waals surface area contributed by atoms with Gasteiger partial charge in [-0.2, -0.15) is 4.31 Å². The van der Waals surface area contributed by atoms with E-state index in [1.54, 1.807) is 24.3 Å². The number of hydrogen-bond donors (Lipinski definition) is 1. The molecule has 2 amide bonds. The molecule has 4 aromatic carbocycles. The highest BCUT2D eigenvalue weighted by atomic mass is 32.2. The zero-order valence-electron chi connectivity index (χ0n) is 23.8. The van der Waals surface area contributed by atoms with Crippen LogP contribution < -0.4 is 19.7 Å². The number of amides is 2. The Kier molecular flexibility index (Phi) is 9.38. The van der Waals surface area contributed by atoms with Gasteiger partial charge in [0.05, 0.1) is 17.1 Å². The molecule has 9 nitrogen and oxygen atoms in total. The van der Waals surface area contributed by atoms with Crippen molar-refractivity contribution in [3.05, 3.63) is 120 Å². The van der Waals surface area contributed by atoms with E-state index in [9.17, 15) is 18.0 Å². The first-order valence-electron chi connectivity index (χ1n) is 13.9. The lowest BCUT2D eigenvalue weighted by atomic mass is 10.1. The molecule has 1 aliphatic heterocycles. The lowest BCUT2D eigenvalue weighted by molar-refractivity contribution is -0.128. The first kappa shape index (κ1) is 29.8. The molecule has 0 aromatic heterocycles. The van der Waals surface area contributed by atoms with Gasteiger partial charge in [0.1, 0.15) is 11.5 Å². The van der Waals surface area contributed by atoms with Gasteiger partial charge in [-0.25, -0.2) is 8.42 Å². The first-order valence-corrected chi connectivity index (χ1v) is 15.4. The summed E-state index contributed by atoms with van der Waals surface area (Å²) in [6, 6.07) is 32.2. The molecule has 0 saturated carbocycles. The van der Waals surface area contributed by atoms with E-state index < -0.39 is 16.1 Å². The van der Waals surface area contributed by atoms with Crippen LogP contribution in [-0.4, -0.2) is 57.4 Å². The lowest BCUT2D eigenvalue weighted by Crippen LogP contribution is -2.52. The molecule has 1 heterocycles. The monoisotopic (exact) mass is 599 g/mol. The molecule has 0 bridgehead atoms. The number of ether oxygens (including phenoxy) is 2. The van der Waals surface area contributed by atoms with Crippen LogP contribution in [0.1, 0.15) is 11.1 Å². The second kappa shape index (κ2) is 13.5. The van der Waals surface area contributed by atoms with Crippen molar-refractivity contribution in [1.29, 1.82) is 0 Å². The van der Waals surface area contributed by atoms with Crippen molar-refractivity contribution in [2.75, 3.05) is 31.6 Å². The number of nitrogens with one attached hydrogen (secondary N) is 1. The van der Waals surface area contributed by atoms with E-state index in [1.165, 1.54) is 40.5 Å². The largest absolute Gasteiger partial charge is 0.484 e. The van der Waals surface area contributed by atoms with Crippen LogP contribution in [0.2, 0.25) is 0 Å². The number of carbonyl (C=O) groups excluding carboxylic acids is 2. The second-order valence-electron chi connectivity index (χ2n) is 10.1. The van der Waals surface area contributed by atoms with Crippen molar-refractivity contribution in [3.63, 3.8) is 0 Å². The fraction of sp³-hybridized carbons (Fsp3) is 0.212. The second-order valence-corrected chi connectivity index (χ2v) is 12.2. The summed E-state index contributed by atoms with van der Waals surface area (Å²) in [4.78, 5) is 27.9. The summed E-state index contributed by atoms with van der Waals surface area (Å²) in [6.07, 6.45) is -0.206. The maximum atomic E-state index is 13.3. The highest BCUT2D eigenvalue weighted by Gasteiger charge is 2.34. The molecule has 5 rings (SSSR count). The normalized spacial score (nSPS) is 14.5. The van der Waals surface area contributed by atoms with Gasteiger partial charge in [-0.3, -0.25) is 9.59 Å². The number of carbonyl (C=O) groups is 2. The number of nitrogens with zero attached hydrogens (tertiary/aromatic N) is 2. The number of benzene rings is 4. The minimum atomic E-state index is -3.72. The fourth-order valence-corrected chi connectivity index (χ4v) is 5.89.